The van der Waals surface area contributed by atoms with E-state index in [9.17, 15) is 0 Å². The number of halogens is 1. The van der Waals surface area contributed by atoms with Crippen molar-refractivity contribution in [2.24, 2.45) is 5.92 Å². The van der Waals surface area contributed by atoms with Gasteiger partial charge in [-0.05, 0) is 55.2 Å². The maximum Gasteiger partial charge on any atom is 0.162 e. The molecule has 1 saturated heterocycles. The predicted molar refractivity (Wildman–Crippen MR) is 101 cm³/mol. The molecule has 122 valence electrons. The summed E-state index contributed by atoms with van der Waals surface area (Å²) in [6.45, 7) is 4.43. The number of aromatic nitrogens is 2. The fourth-order valence-corrected chi connectivity index (χ4v) is 3.54. The molecule has 0 unspecified atom stereocenters. The number of fused-ring (bicyclic) bond motifs is 1. The quantitative estimate of drug-likeness (QED) is 0.644. The Morgan fingerprint density at radius 1 is 1.04 bits per heavy atom. The van der Waals surface area contributed by atoms with Gasteiger partial charge in [-0.15, -0.1) is 0 Å². The van der Waals surface area contributed by atoms with Gasteiger partial charge in [-0.3, -0.25) is 0 Å². The Morgan fingerprint density at radius 3 is 2.62 bits per heavy atom. The van der Waals surface area contributed by atoms with Crippen LogP contribution in [0.4, 0.5) is 5.82 Å². The molecule has 1 fully saturated rings. The van der Waals surface area contributed by atoms with Crippen molar-refractivity contribution < 1.29 is 0 Å². The SMILES string of the molecule is C[C@@H]1CCCN(c2nc(-c3ccc(Cl)cc3)nc3ccccc23)C1. The molecule has 0 saturated carbocycles. The van der Waals surface area contributed by atoms with Gasteiger partial charge in [0, 0.05) is 29.1 Å². The minimum Gasteiger partial charge on any atom is -0.356 e. The van der Waals surface area contributed by atoms with Crippen LogP contribution in [0.15, 0.2) is 48.5 Å². The summed E-state index contributed by atoms with van der Waals surface area (Å²) in [4.78, 5) is 12.1. The van der Waals surface area contributed by atoms with Crippen molar-refractivity contribution in [1.29, 1.82) is 0 Å². The van der Waals surface area contributed by atoms with Crippen molar-refractivity contribution >= 4 is 28.3 Å². The highest BCUT2D eigenvalue weighted by Crippen LogP contribution is 2.30. The molecule has 4 heteroatoms. The lowest BCUT2D eigenvalue weighted by Crippen LogP contribution is -2.35. The second kappa shape index (κ2) is 6.40. The molecule has 1 aliphatic rings. The standard InChI is InChI=1S/C20H20ClN3/c1-14-5-4-12-24(13-14)20-17-6-2-3-7-18(17)22-19(23-20)15-8-10-16(21)11-9-15/h2-3,6-11,14H,4-5,12-13H2,1H3/t14-/m1/s1. The highest BCUT2D eigenvalue weighted by Gasteiger charge is 2.20. The number of hydrogen-bond donors (Lipinski definition) is 0. The summed E-state index contributed by atoms with van der Waals surface area (Å²) in [6.07, 6.45) is 2.51. The number of anilines is 1. The average molecular weight is 338 g/mol. The minimum absolute atomic E-state index is 0.700. The largest absolute Gasteiger partial charge is 0.356 e. The molecule has 1 aliphatic heterocycles. The van der Waals surface area contributed by atoms with Crippen LogP contribution in [0.3, 0.4) is 0 Å². The van der Waals surface area contributed by atoms with E-state index in [0.717, 1.165) is 46.2 Å². The van der Waals surface area contributed by atoms with Crippen LogP contribution in [0.25, 0.3) is 22.3 Å². The summed E-state index contributed by atoms with van der Waals surface area (Å²) in [5.74, 6) is 2.52. The second-order valence-corrected chi connectivity index (χ2v) is 7.02. The van der Waals surface area contributed by atoms with Gasteiger partial charge in [-0.2, -0.15) is 0 Å². The molecule has 2 heterocycles. The molecular formula is C20H20ClN3. The zero-order chi connectivity index (χ0) is 16.5. The van der Waals surface area contributed by atoms with Crippen LogP contribution in [0.5, 0.6) is 0 Å². The predicted octanol–water partition coefficient (Wildman–Crippen LogP) is 5.19. The van der Waals surface area contributed by atoms with Crippen molar-refractivity contribution in [2.75, 3.05) is 18.0 Å². The number of rotatable bonds is 2. The molecule has 0 N–H and O–H groups in total. The molecule has 0 spiro atoms. The molecule has 1 aromatic heterocycles. The first kappa shape index (κ1) is 15.4. The average Bonchev–Trinajstić information content (AvgIpc) is 2.61. The molecule has 0 radical (unpaired) electrons. The van der Waals surface area contributed by atoms with E-state index < -0.39 is 0 Å². The van der Waals surface area contributed by atoms with Gasteiger partial charge in [0.05, 0.1) is 5.52 Å². The van der Waals surface area contributed by atoms with Gasteiger partial charge in [-0.1, -0.05) is 30.7 Å². The number of piperidine rings is 1. The van der Waals surface area contributed by atoms with E-state index in [1.165, 1.54) is 12.8 Å². The summed E-state index contributed by atoms with van der Waals surface area (Å²) in [7, 11) is 0. The fraction of sp³-hybridized carbons (Fsp3) is 0.300. The van der Waals surface area contributed by atoms with Gasteiger partial charge in [0.15, 0.2) is 5.82 Å². The van der Waals surface area contributed by atoms with E-state index in [-0.39, 0.29) is 0 Å². The first-order chi connectivity index (χ1) is 11.7. The third kappa shape index (κ3) is 2.96. The summed E-state index contributed by atoms with van der Waals surface area (Å²) < 4.78 is 0. The Labute approximate surface area is 147 Å². The maximum atomic E-state index is 6.01. The summed E-state index contributed by atoms with van der Waals surface area (Å²) in [5.41, 5.74) is 1.99. The van der Waals surface area contributed by atoms with Crippen LogP contribution in [0.1, 0.15) is 19.8 Å². The van der Waals surface area contributed by atoms with Crippen LogP contribution in [-0.4, -0.2) is 23.1 Å². The molecule has 4 rings (SSSR count). The summed E-state index contributed by atoms with van der Waals surface area (Å²) in [5, 5.41) is 1.86. The topological polar surface area (TPSA) is 29.0 Å². The van der Waals surface area contributed by atoms with E-state index in [4.69, 9.17) is 21.6 Å². The highest BCUT2D eigenvalue weighted by molar-refractivity contribution is 6.30. The van der Waals surface area contributed by atoms with Gasteiger partial charge in [0.25, 0.3) is 0 Å². The number of benzene rings is 2. The Hall–Kier alpha value is -2.13. The van der Waals surface area contributed by atoms with E-state index in [0.29, 0.717) is 5.92 Å². The van der Waals surface area contributed by atoms with Crippen LogP contribution in [-0.2, 0) is 0 Å². The van der Waals surface area contributed by atoms with Crippen LogP contribution in [0, 0.1) is 5.92 Å². The molecule has 2 aromatic carbocycles. The number of para-hydroxylation sites is 1. The lowest BCUT2D eigenvalue weighted by Gasteiger charge is -2.32. The van der Waals surface area contributed by atoms with Crippen molar-refractivity contribution in [1.82, 2.24) is 9.97 Å². The molecule has 1 atom stereocenters. The molecular weight excluding hydrogens is 318 g/mol. The number of hydrogen-bond acceptors (Lipinski definition) is 3. The molecule has 3 nitrogen and oxygen atoms in total. The molecule has 24 heavy (non-hydrogen) atoms. The normalized spacial score (nSPS) is 18.1. The van der Waals surface area contributed by atoms with Crippen molar-refractivity contribution in [3.8, 4) is 11.4 Å². The van der Waals surface area contributed by atoms with Crippen LogP contribution >= 0.6 is 11.6 Å². The smallest absolute Gasteiger partial charge is 0.162 e. The van der Waals surface area contributed by atoms with Crippen LogP contribution in [0.2, 0.25) is 5.02 Å². The molecule has 0 amide bonds. The van der Waals surface area contributed by atoms with E-state index in [2.05, 4.69) is 30.0 Å². The third-order valence-electron chi connectivity index (χ3n) is 4.64. The Morgan fingerprint density at radius 2 is 1.83 bits per heavy atom. The first-order valence-corrected chi connectivity index (χ1v) is 8.86. The monoisotopic (exact) mass is 337 g/mol. The van der Waals surface area contributed by atoms with Gasteiger partial charge in [-0.25, -0.2) is 9.97 Å². The van der Waals surface area contributed by atoms with Gasteiger partial charge in [0.1, 0.15) is 5.82 Å². The molecule has 0 aliphatic carbocycles. The van der Waals surface area contributed by atoms with Crippen molar-refractivity contribution in [3.05, 3.63) is 53.6 Å². The van der Waals surface area contributed by atoms with E-state index in [1.54, 1.807) is 0 Å². The highest BCUT2D eigenvalue weighted by atomic mass is 35.5. The minimum atomic E-state index is 0.700. The second-order valence-electron chi connectivity index (χ2n) is 6.59. The van der Waals surface area contributed by atoms with Gasteiger partial charge in [0.2, 0.25) is 0 Å². The van der Waals surface area contributed by atoms with Crippen LogP contribution < -0.4 is 4.90 Å². The zero-order valence-corrected chi connectivity index (χ0v) is 14.5. The van der Waals surface area contributed by atoms with Crippen molar-refractivity contribution in [3.63, 3.8) is 0 Å². The van der Waals surface area contributed by atoms with Crippen molar-refractivity contribution in [2.45, 2.75) is 19.8 Å². The van der Waals surface area contributed by atoms with Gasteiger partial charge >= 0.3 is 0 Å². The lowest BCUT2D eigenvalue weighted by molar-refractivity contribution is 0.445. The third-order valence-corrected chi connectivity index (χ3v) is 4.89. The molecule has 0 bridgehead atoms. The Kier molecular flexibility index (Phi) is 4.11. The number of nitrogens with zero attached hydrogens (tertiary/aromatic N) is 3. The van der Waals surface area contributed by atoms with Gasteiger partial charge < -0.3 is 4.90 Å². The lowest BCUT2D eigenvalue weighted by atomic mass is 10.00. The maximum absolute atomic E-state index is 6.01. The Balaban J connectivity index is 1.86. The zero-order valence-electron chi connectivity index (χ0n) is 13.7. The fourth-order valence-electron chi connectivity index (χ4n) is 3.41. The van der Waals surface area contributed by atoms with E-state index in [1.807, 2.05) is 30.3 Å². The summed E-state index contributed by atoms with van der Waals surface area (Å²) in [6, 6.07) is 16.0. The Bertz CT molecular complexity index is 860. The first-order valence-electron chi connectivity index (χ1n) is 8.48. The molecule has 3 aromatic rings. The van der Waals surface area contributed by atoms with E-state index >= 15 is 0 Å². The summed E-state index contributed by atoms with van der Waals surface area (Å²) >= 11 is 6.01.